The van der Waals surface area contributed by atoms with Crippen molar-refractivity contribution in [2.75, 3.05) is 13.1 Å². The van der Waals surface area contributed by atoms with E-state index in [0.29, 0.717) is 17.6 Å². The van der Waals surface area contributed by atoms with E-state index in [-0.39, 0.29) is 5.54 Å². The second-order valence-electron chi connectivity index (χ2n) is 7.26. The first-order valence-corrected chi connectivity index (χ1v) is 8.84. The van der Waals surface area contributed by atoms with Gasteiger partial charge in [-0.05, 0) is 69.9 Å². The highest BCUT2D eigenvalue weighted by Gasteiger charge is 2.45. The summed E-state index contributed by atoms with van der Waals surface area (Å²) < 4.78 is 0. The van der Waals surface area contributed by atoms with E-state index in [1.807, 2.05) is 0 Å². The molecule has 2 aliphatic rings. The van der Waals surface area contributed by atoms with Crippen LogP contribution < -0.4 is 0 Å². The molecule has 0 N–H and O–H groups in total. The molecule has 0 radical (unpaired) electrons. The first-order chi connectivity index (χ1) is 9.55. The lowest BCUT2D eigenvalue weighted by Crippen LogP contribution is -2.55. The third kappa shape index (κ3) is 2.81. The quantitative estimate of drug-likeness (QED) is 0.748. The van der Waals surface area contributed by atoms with Crippen LogP contribution in [0.25, 0.3) is 0 Å². The van der Waals surface area contributed by atoms with E-state index in [1.165, 1.54) is 19.3 Å². The number of rotatable bonds is 5. The molecule has 0 spiro atoms. The van der Waals surface area contributed by atoms with Crippen LogP contribution >= 0.6 is 0 Å². The summed E-state index contributed by atoms with van der Waals surface area (Å²) in [5, 5.41) is 0. The highest BCUT2D eigenvalue weighted by Crippen LogP contribution is 2.39. The number of carbonyl (C=O) groups is 1. The average Bonchev–Trinajstić information content (AvgIpc) is 2.98. The van der Waals surface area contributed by atoms with Gasteiger partial charge < -0.3 is 0 Å². The Hall–Kier alpha value is -0.370. The third-order valence-electron chi connectivity index (χ3n) is 6.31. The molecule has 0 aromatic carbocycles. The molecule has 0 bridgehead atoms. The Balaban J connectivity index is 2.14. The van der Waals surface area contributed by atoms with Crippen molar-refractivity contribution in [1.29, 1.82) is 0 Å². The SMILES string of the molecule is CCC(CC)(C(=O)C1CCC(C)C(C)C1)N1CCCC1. The maximum Gasteiger partial charge on any atom is 0.156 e. The number of carbonyl (C=O) groups excluding carboxylic acids is 1. The molecule has 1 saturated carbocycles. The summed E-state index contributed by atoms with van der Waals surface area (Å²) in [6, 6.07) is 0. The summed E-state index contributed by atoms with van der Waals surface area (Å²) in [4.78, 5) is 15.8. The van der Waals surface area contributed by atoms with Crippen LogP contribution in [0, 0.1) is 17.8 Å². The average molecular weight is 279 g/mol. The molecule has 3 unspecified atom stereocenters. The van der Waals surface area contributed by atoms with Gasteiger partial charge in [-0.25, -0.2) is 0 Å². The summed E-state index contributed by atoms with van der Waals surface area (Å²) >= 11 is 0. The van der Waals surface area contributed by atoms with Gasteiger partial charge in [0.25, 0.3) is 0 Å². The van der Waals surface area contributed by atoms with E-state index in [1.54, 1.807) is 0 Å². The standard InChI is InChI=1S/C18H33NO/c1-5-18(6-2,19-11-7-8-12-19)17(20)16-10-9-14(3)15(4)13-16/h14-16H,5-13H2,1-4H3. The van der Waals surface area contributed by atoms with Crippen LogP contribution in [-0.2, 0) is 4.79 Å². The molecular formula is C18H33NO. The van der Waals surface area contributed by atoms with Crippen molar-refractivity contribution in [1.82, 2.24) is 4.90 Å². The van der Waals surface area contributed by atoms with Gasteiger partial charge in [0, 0.05) is 5.92 Å². The monoisotopic (exact) mass is 279 g/mol. The van der Waals surface area contributed by atoms with E-state index in [0.717, 1.165) is 44.7 Å². The molecule has 2 rings (SSSR count). The van der Waals surface area contributed by atoms with Gasteiger partial charge in [-0.1, -0.05) is 27.7 Å². The number of likely N-dealkylation sites (tertiary alicyclic amines) is 1. The molecule has 2 nitrogen and oxygen atoms in total. The topological polar surface area (TPSA) is 20.3 Å². The normalized spacial score (nSPS) is 32.5. The van der Waals surface area contributed by atoms with Crippen LogP contribution in [0.2, 0.25) is 0 Å². The van der Waals surface area contributed by atoms with Crippen molar-refractivity contribution < 1.29 is 4.79 Å². The summed E-state index contributed by atoms with van der Waals surface area (Å²) in [6.07, 6.45) is 8.00. The zero-order valence-electron chi connectivity index (χ0n) is 14.0. The second-order valence-corrected chi connectivity index (χ2v) is 7.26. The molecule has 20 heavy (non-hydrogen) atoms. The molecule has 116 valence electrons. The number of nitrogens with zero attached hydrogens (tertiary/aromatic N) is 1. The Morgan fingerprint density at radius 2 is 1.65 bits per heavy atom. The van der Waals surface area contributed by atoms with Gasteiger partial charge in [-0.15, -0.1) is 0 Å². The van der Waals surface area contributed by atoms with E-state index in [2.05, 4.69) is 32.6 Å². The Morgan fingerprint density at radius 1 is 1.05 bits per heavy atom. The van der Waals surface area contributed by atoms with Crippen LogP contribution in [0.5, 0.6) is 0 Å². The Morgan fingerprint density at radius 3 is 2.15 bits per heavy atom. The first kappa shape index (κ1) is 16.0. The van der Waals surface area contributed by atoms with Crippen LogP contribution in [0.1, 0.15) is 72.6 Å². The summed E-state index contributed by atoms with van der Waals surface area (Å²) in [5.74, 6) is 2.40. The fraction of sp³-hybridized carbons (Fsp3) is 0.944. The molecular weight excluding hydrogens is 246 g/mol. The van der Waals surface area contributed by atoms with Crippen LogP contribution in [0.4, 0.5) is 0 Å². The molecule has 0 aromatic heterocycles. The van der Waals surface area contributed by atoms with Crippen molar-refractivity contribution in [3.8, 4) is 0 Å². The molecule has 2 fully saturated rings. The van der Waals surface area contributed by atoms with Crippen LogP contribution in [0.3, 0.4) is 0 Å². The third-order valence-corrected chi connectivity index (χ3v) is 6.31. The fourth-order valence-corrected chi connectivity index (χ4v) is 4.51. The summed E-state index contributed by atoms with van der Waals surface area (Å²) in [6.45, 7) is 11.4. The molecule has 0 amide bonds. The molecule has 1 heterocycles. The van der Waals surface area contributed by atoms with Gasteiger partial charge in [-0.3, -0.25) is 9.69 Å². The largest absolute Gasteiger partial charge is 0.297 e. The van der Waals surface area contributed by atoms with Crippen LogP contribution in [0.15, 0.2) is 0 Å². The molecule has 1 saturated heterocycles. The van der Waals surface area contributed by atoms with E-state index < -0.39 is 0 Å². The van der Waals surface area contributed by atoms with Crippen molar-refractivity contribution in [3.63, 3.8) is 0 Å². The van der Waals surface area contributed by atoms with Gasteiger partial charge in [0.05, 0.1) is 5.54 Å². The Bertz CT molecular complexity index is 328. The highest BCUT2D eigenvalue weighted by molar-refractivity contribution is 5.90. The predicted molar refractivity (Wildman–Crippen MR) is 84.8 cm³/mol. The second kappa shape index (κ2) is 6.60. The van der Waals surface area contributed by atoms with E-state index in [9.17, 15) is 4.79 Å². The Kier molecular flexibility index (Phi) is 5.28. The number of Topliss-reactive ketones (excluding diaryl/α,β-unsaturated/α-hetero) is 1. The molecule has 0 aromatic rings. The molecule has 1 aliphatic heterocycles. The summed E-state index contributed by atoms with van der Waals surface area (Å²) in [5.41, 5.74) is -0.151. The maximum absolute atomic E-state index is 13.3. The first-order valence-electron chi connectivity index (χ1n) is 8.84. The molecule has 2 heteroatoms. The lowest BCUT2D eigenvalue weighted by Gasteiger charge is -2.43. The van der Waals surface area contributed by atoms with E-state index in [4.69, 9.17) is 0 Å². The Labute approximate surface area is 125 Å². The lowest BCUT2D eigenvalue weighted by molar-refractivity contribution is -0.137. The highest BCUT2D eigenvalue weighted by atomic mass is 16.1. The van der Waals surface area contributed by atoms with Crippen LogP contribution in [-0.4, -0.2) is 29.3 Å². The minimum atomic E-state index is -0.151. The molecule has 1 aliphatic carbocycles. The van der Waals surface area contributed by atoms with Crippen molar-refractivity contribution in [3.05, 3.63) is 0 Å². The minimum Gasteiger partial charge on any atom is -0.297 e. The number of hydrogen-bond donors (Lipinski definition) is 0. The fourth-order valence-electron chi connectivity index (χ4n) is 4.51. The van der Waals surface area contributed by atoms with Crippen molar-refractivity contribution in [2.45, 2.75) is 78.2 Å². The smallest absolute Gasteiger partial charge is 0.156 e. The van der Waals surface area contributed by atoms with Gasteiger partial charge in [0.15, 0.2) is 5.78 Å². The van der Waals surface area contributed by atoms with Crippen molar-refractivity contribution in [2.24, 2.45) is 17.8 Å². The summed E-state index contributed by atoms with van der Waals surface area (Å²) in [7, 11) is 0. The van der Waals surface area contributed by atoms with E-state index >= 15 is 0 Å². The van der Waals surface area contributed by atoms with Gasteiger partial charge >= 0.3 is 0 Å². The number of hydrogen-bond acceptors (Lipinski definition) is 2. The minimum absolute atomic E-state index is 0.151. The van der Waals surface area contributed by atoms with Gasteiger partial charge in [-0.2, -0.15) is 0 Å². The molecule has 3 atom stereocenters. The zero-order chi connectivity index (χ0) is 14.8. The predicted octanol–water partition coefficient (Wildman–Crippen LogP) is 4.28. The van der Waals surface area contributed by atoms with Crippen molar-refractivity contribution >= 4 is 5.78 Å². The zero-order valence-corrected chi connectivity index (χ0v) is 14.0. The number of ketones is 1. The maximum atomic E-state index is 13.3. The lowest BCUT2D eigenvalue weighted by atomic mass is 9.69. The van der Waals surface area contributed by atoms with Gasteiger partial charge in [0.2, 0.25) is 0 Å². The van der Waals surface area contributed by atoms with Gasteiger partial charge in [0.1, 0.15) is 0 Å².